The summed E-state index contributed by atoms with van der Waals surface area (Å²) in [4.78, 5) is 20.7. The van der Waals surface area contributed by atoms with Crippen molar-refractivity contribution in [3.05, 3.63) is 52.9 Å². The second kappa shape index (κ2) is 11.4. The predicted octanol–water partition coefficient (Wildman–Crippen LogP) is 5.80. The van der Waals surface area contributed by atoms with Gasteiger partial charge in [0.25, 0.3) is 10.0 Å². The average molecular weight is 587 g/mol. The summed E-state index contributed by atoms with van der Waals surface area (Å²) >= 11 is 2.94. The number of rotatable bonds is 7. The van der Waals surface area contributed by atoms with Crippen LogP contribution in [0.2, 0.25) is 0 Å². The fourth-order valence-electron chi connectivity index (χ4n) is 4.12. The number of fused-ring (bicyclic) bond motifs is 1. The Bertz CT molecular complexity index is 1490. The molecule has 14 heteroatoms. The summed E-state index contributed by atoms with van der Waals surface area (Å²) < 4.78 is 60.0. The highest BCUT2D eigenvalue weighted by atomic mass is 32.2. The first-order chi connectivity index (χ1) is 18.0. The molecule has 0 unspecified atom stereocenters. The van der Waals surface area contributed by atoms with Crippen LogP contribution in [0.3, 0.4) is 0 Å². The van der Waals surface area contributed by atoms with Gasteiger partial charge in [0.05, 0.1) is 16.9 Å². The molecule has 4 heterocycles. The number of H-pyrrole nitrogens is 1. The standard InChI is InChI=1S/C22H24N4O2S3.C2HF3O2/c1-2-26(31(27,28)20-9-6-12-29-20)19-8-5-7-16-13-18(24-21(16)19)22-23-14-17(30-22)15-25-10-3-4-11-25;3-2(4,5)1(6)7/h5-9,12-14,24H,2-4,10-11,15H2,1H3;(H,6,7). The van der Waals surface area contributed by atoms with E-state index in [1.165, 1.54) is 33.4 Å². The van der Waals surface area contributed by atoms with E-state index >= 15 is 0 Å². The predicted molar refractivity (Wildman–Crippen MR) is 142 cm³/mol. The van der Waals surface area contributed by atoms with Gasteiger partial charge in [-0.3, -0.25) is 9.21 Å². The molecule has 3 aromatic heterocycles. The van der Waals surface area contributed by atoms with Crippen molar-refractivity contribution in [2.75, 3.05) is 23.9 Å². The first kappa shape index (κ1) is 28.1. The molecule has 0 radical (unpaired) electrons. The van der Waals surface area contributed by atoms with Gasteiger partial charge in [-0.15, -0.1) is 22.7 Å². The van der Waals surface area contributed by atoms with Crippen molar-refractivity contribution >= 4 is 55.3 Å². The number of para-hydroxylation sites is 1. The molecule has 38 heavy (non-hydrogen) atoms. The molecule has 0 amide bonds. The molecule has 0 atom stereocenters. The van der Waals surface area contributed by atoms with E-state index < -0.39 is 22.2 Å². The van der Waals surface area contributed by atoms with Crippen LogP contribution in [0.25, 0.3) is 21.6 Å². The van der Waals surface area contributed by atoms with Gasteiger partial charge in [-0.05, 0) is 56.4 Å². The number of aliphatic carboxylic acids is 1. The number of aromatic amines is 1. The smallest absolute Gasteiger partial charge is 0.475 e. The lowest BCUT2D eigenvalue weighted by Gasteiger charge is -2.22. The van der Waals surface area contributed by atoms with Gasteiger partial charge in [0, 0.05) is 29.5 Å². The van der Waals surface area contributed by atoms with Gasteiger partial charge in [0.1, 0.15) is 9.22 Å². The van der Waals surface area contributed by atoms with Crippen LogP contribution in [0.5, 0.6) is 0 Å². The lowest BCUT2D eigenvalue weighted by atomic mass is 10.2. The summed E-state index contributed by atoms with van der Waals surface area (Å²) in [5, 5.41) is 10.8. The number of thiophene rings is 1. The third-order valence-electron chi connectivity index (χ3n) is 5.83. The van der Waals surface area contributed by atoms with Crippen molar-refractivity contribution in [1.29, 1.82) is 0 Å². The quantitative estimate of drug-likeness (QED) is 0.284. The van der Waals surface area contributed by atoms with E-state index in [4.69, 9.17) is 9.90 Å². The number of carboxylic acids is 1. The van der Waals surface area contributed by atoms with Crippen LogP contribution in [0.4, 0.5) is 18.9 Å². The first-order valence-corrected chi connectivity index (χ1v) is 14.8. The molecule has 1 aromatic carbocycles. The molecule has 0 spiro atoms. The number of benzene rings is 1. The number of nitrogens with one attached hydrogen (secondary N) is 1. The zero-order valence-corrected chi connectivity index (χ0v) is 22.7. The van der Waals surface area contributed by atoms with Crippen LogP contribution < -0.4 is 4.31 Å². The van der Waals surface area contributed by atoms with Crippen LogP contribution in [-0.4, -0.2) is 60.2 Å². The van der Waals surface area contributed by atoms with E-state index in [2.05, 4.69) is 20.9 Å². The molecule has 1 fully saturated rings. The number of anilines is 1. The van der Waals surface area contributed by atoms with Crippen molar-refractivity contribution < 1.29 is 31.5 Å². The minimum Gasteiger partial charge on any atom is -0.475 e. The molecule has 1 aliphatic heterocycles. The SMILES string of the molecule is CCN(c1cccc2cc(-c3ncc(CN4CCCC4)s3)[nH]c12)S(=O)(=O)c1cccs1.O=C(O)C(F)(F)F. The van der Waals surface area contributed by atoms with E-state index in [1.807, 2.05) is 31.3 Å². The van der Waals surface area contributed by atoms with E-state index in [9.17, 15) is 21.6 Å². The third-order valence-corrected chi connectivity index (χ3v) is 10.1. The van der Waals surface area contributed by atoms with Crippen LogP contribution in [-0.2, 0) is 21.4 Å². The van der Waals surface area contributed by atoms with Crippen LogP contribution in [0, 0.1) is 0 Å². The zero-order valence-electron chi connectivity index (χ0n) is 20.2. The number of carboxylic acid groups (broad SMARTS) is 1. The molecule has 0 bridgehead atoms. The van der Waals surface area contributed by atoms with Gasteiger partial charge in [0.15, 0.2) is 0 Å². The van der Waals surface area contributed by atoms with E-state index in [0.717, 1.165) is 41.2 Å². The van der Waals surface area contributed by atoms with Crippen LogP contribution in [0.15, 0.2) is 52.2 Å². The number of carbonyl (C=O) groups is 1. The number of nitrogens with zero attached hydrogens (tertiary/aromatic N) is 3. The molecule has 4 aromatic rings. The Morgan fingerprint density at radius 1 is 1.21 bits per heavy atom. The number of aromatic nitrogens is 2. The highest BCUT2D eigenvalue weighted by molar-refractivity contribution is 7.94. The monoisotopic (exact) mass is 586 g/mol. The summed E-state index contributed by atoms with van der Waals surface area (Å²) in [6.07, 6.45) is -0.568. The van der Waals surface area contributed by atoms with Crippen molar-refractivity contribution in [1.82, 2.24) is 14.9 Å². The Morgan fingerprint density at radius 3 is 2.53 bits per heavy atom. The Balaban J connectivity index is 0.000000426. The molecule has 1 aliphatic rings. The van der Waals surface area contributed by atoms with Gasteiger partial charge in [-0.2, -0.15) is 13.2 Å². The van der Waals surface area contributed by atoms with Crippen LogP contribution >= 0.6 is 22.7 Å². The Hall–Kier alpha value is -2.94. The summed E-state index contributed by atoms with van der Waals surface area (Å²) in [6, 6.07) is 11.2. The minimum absolute atomic E-state index is 0.351. The highest BCUT2D eigenvalue weighted by Gasteiger charge is 2.38. The summed E-state index contributed by atoms with van der Waals surface area (Å²) in [6.45, 7) is 5.49. The molecule has 8 nitrogen and oxygen atoms in total. The molecule has 5 rings (SSSR count). The van der Waals surface area contributed by atoms with Gasteiger partial charge in [-0.25, -0.2) is 18.2 Å². The van der Waals surface area contributed by atoms with E-state index in [1.54, 1.807) is 28.8 Å². The number of halogens is 3. The molecular formula is C24H25F3N4O4S3. The fourth-order valence-corrected chi connectivity index (χ4v) is 7.63. The minimum atomic E-state index is -5.08. The van der Waals surface area contributed by atoms with Gasteiger partial charge in [-0.1, -0.05) is 18.2 Å². The largest absolute Gasteiger partial charge is 0.490 e. The maximum absolute atomic E-state index is 13.2. The topological polar surface area (TPSA) is 107 Å². The summed E-state index contributed by atoms with van der Waals surface area (Å²) in [7, 11) is -3.60. The number of alkyl halides is 3. The Kier molecular flexibility index (Phi) is 8.45. The molecule has 1 saturated heterocycles. The van der Waals surface area contributed by atoms with Crippen molar-refractivity contribution in [3.8, 4) is 10.7 Å². The lowest BCUT2D eigenvalue weighted by Crippen LogP contribution is -2.30. The molecule has 204 valence electrons. The average Bonchev–Trinajstić information content (AvgIpc) is 3.67. The van der Waals surface area contributed by atoms with Crippen molar-refractivity contribution in [2.24, 2.45) is 0 Å². The maximum Gasteiger partial charge on any atom is 0.490 e. The second-order valence-electron chi connectivity index (χ2n) is 8.44. The Labute approximate surface area is 225 Å². The molecule has 0 saturated carbocycles. The van der Waals surface area contributed by atoms with Gasteiger partial charge < -0.3 is 10.1 Å². The molecule has 2 N–H and O–H groups in total. The van der Waals surface area contributed by atoms with Gasteiger partial charge in [0.2, 0.25) is 0 Å². The van der Waals surface area contributed by atoms with Gasteiger partial charge >= 0.3 is 12.1 Å². The highest BCUT2D eigenvalue weighted by Crippen LogP contribution is 2.35. The fraction of sp³-hybridized carbons (Fsp3) is 0.333. The molecule has 0 aliphatic carbocycles. The van der Waals surface area contributed by atoms with Crippen LogP contribution in [0.1, 0.15) is 24.6 Å². The number of thiazole rings is 1. The number of likely N-dealkylation sites (tertiary alicyclic amines) is 1. The van der Waals surface area contributed by atoms with Crippen molar-refractivity contribution in [2.45, 2.75) is 36.7 Å². The zero-order chi connectivity index (χ0) is 27.5. The maximum atomic E-state index is 13.2. The molecular weight excluding hydrogens is 561 g/mol. The number of hydrogen-bond acceptors (Lipinski definition) is 7. The lowest BCUT2D eigenvalue weighted by molar-refractivity contribution is -0.192. The van der Waals surface area contributed by atoms with E-state index in [-0.39, 0.29) is 0 Å². The summed E-state index contributed by atoms with van der Waals surface area (Å²) in [5.74, 6) is -2.76. The normalized spacial score (nSPS) is 14.4. The summed E-state index contributed by atoms with van der Waals surface area (Å²) in [5.41, 5.74) is 2.40. The second-order valence-corrected chi connectivity index (χ2v) is 12.6. The third kappa shape index (κ3) is 6.20. The number of sulfonamides is 1. The number of hydrogen-bond donors (Lipinski definition) is 2. The van der Waals surface area contributed by atoms with Crippen molar-refractivity contribution in [3.63, 3.8) is 0 Å². The first-order valence-electron chi connectivity index (χ1n) is 11.7. The Morgan fingerprint density at radius 2 is 1.92 bits per heavy atom. The van der Waals surface area contributed by atoms with E-state index in [0.29, 0.717) is 16.4 Å².